The lowest BCUT2D eigenvalue weighted by molar-refractivity contribution is -0.168. The maximum absolute atomic E-state index is 13.4. The van der Waals surface area contributed by atoms with E-state index in [0.717, 1.165) is 19.6 Å². The molecule has 0 unspecified atom stereocenters. The second-order valence-corrected chi connectivity index (χ2v) is 7.82. The maximum Gasteiger partial charge on any atom is 0.254 e. The number of hydrogen-bond acceptors (Lipinski definition) is 4. The highest BCUT2D eigenvalue weighted by atomic mass is 19.1. The molecule has 158 valence electrons. The molecule has 7 heteroatoms. The van der Waals surface area contributed by atoms with Crippen molar-refractivity contribution >= 4 is 11.8 Å². The van der Waals surface area contributed by atoms with Crippen LogP contribution in [-0.2, 0) is 20.9 Å². The Morgan fingerprint density at radius 3 is 2.37 bits per heavy atom. The van der Waals surface area contributed by atoms with Gasteiger partial charge in [0.2, 0.25) is 5.91 Å². The van der Waals surface area contributed by atoms with Gasteiger partial charge >= 0.3 is 0 Å². The largest absolute Gasteiger partial charge is 0.356 e. The number of hydrogen-bond donors (Lipinski definition) is 0. The Morgan fingerprint density at radius 2 is 1.70 bits per heavy atom. The van der Waals surface area contributed by atoms with Crippen molar-refractivity contribution in [3.8, 4) is 0 Å². The molecule has 2 amide bonds. The number of amides is 2. The molecule has 2 atom stereocenters. The van der Waals surface area contributed by atoms with Crippen LogP contribution in [0.2, 0.25) is 0 Å². The summed E-state index contributed by atoms with van der Waals surface area (Å²) in [6.07, 6.45) is -0.793. The van der Waals surface area contributed by atoms with Crippen LogP contribution in [0, 0.1) is 5.82 Å². The first-order valence-corrected chi connectivity index (χ1v) is 10.2. The number of carbonyl (C=O) groups excluding carboxylic acids is 2. The van der Waals surface area contributed by atoms with Gasteiger partial charge in [-0.1, -0.05) is 42.5 Å². The fourth-order valence-corrected chi connectivity index (χ4v) is 4.12. The van der Waals surface area contributed by atoms with Gasteiger partial charge in [0.15, 0.2) is 6.10 Å². The topological polar surface area (TPSA) is 53.1 Å². The zero-order valence-electron chi connectivity index (χ0n) is 17.0. The molecule has 2 aliphatic heterocycles. The summed E-state index contributed by atoms with van der Waals surface area (Å²) in [6.45, 7) is 3.52. The van der Waals surface area contributed by atoms with Crippen molar-refractivity contribution < 1.29 is 18.7 Å². The van der Waals surface area contributed by atoms with Gasteiger partial charge in [-0.15, -0.1) is 0 Å². The molecule has 0 bridgehead atoms. The van der Waals surface area contributed by atoms with Gasteiger partial charge in [0.25, 0.3) is 5.91 Å². The van der Waals surface area contributed by atoms with Crippen molar-refractivity contribution in [2.75, 3.05) is 39.8 Å². The van der Waals surface area contributed by atoms with Crippen LogP contribution in [0.5, 0.6) is 0 Å². The molecule has 2 aliphatic rings. The summed E-state index contributed by atoms with van der Waals surface area (Å²) < 4.78 is 19.1. The van der Waals surface area contributed by atoms with E-state index in [-0.39, 0.29) is 24.2 Å². The Labute approximate surface area is 175 Å². The molecule has 0 aliphatic carbocycles. The summed E-state index contributed by atoms with van der Waals surface area (Å²) >= 11 is 0. The van der Waals surface area contributed by atoms with E-state index in [4.69, 9.17) is 4.74 Å². The van der Waals surface area contributed by atoms with Crippen LogP contribution in [0.15, 0.2) is 54.6 Å². The number of piperazine rings is 1. The van der Waals surface area contributed by atoms with Crippen LogP contribution >= 0.6 is 0 Å². The van der Waals surface area contributed by atoms with E-state index in [1.165, 1.54) is 22.6 Å². The molecule has 2 saturated heterocycles. The van der Waals surface area contributed by atoms with Crippen LogP contribution < -0.4 is 0 Å². The van der Waals surface area contributed by atoms with E-state index < -0.39 is 12.1 Å². The Hall–Kier alpha value is -2.77. The highest BCUT2D eigenvalue weighted by Gasteiger charge is 2.42. The molecule has 0 N–H and O–H groups in total. The first kappa shape index (κ1) is 20.5. The average Bonchev–Trinajstić information content (AvgIpc) is 2.77. The highest BCUT2D eigenvalue weighted by Crippen LogP contribution is 2.30. The minimum absolute atomic E-state index is 0.122. The lowest BCUT2D eigenvalue weighted by Crippen LogP contribution is -2.57. The van der Waals surface area contributed by atoms with E-state index in [1.807, 2.05) is 23.1 Å². The van der Waals surface area contributed by atoms with Gasteiger partial charge in [-0.2, -0.15) is 0 Å². The Balaban J connectivity index is 1.43. The molecule has 0 aromatic heterocycles. The molecule has 0 spiro atoms. The Bertz CT molecular complexity index is 882. The highest BCUT2D eigenvalue weighted by molar-refractivity contribution is 5.86. The van der Waals surface area contributed by atoms with Crippen molar-refractivity contribution in [1.29, 1.82) is 0 Å². The fourth-order valence-electron chi connectivity index (χ4n) is 4.12. The van der Waals surface area contributed by atoms with Crippen molar-refractivity contribution in [3.63, 3.8) is 0 Å². The number of morpholine rings is 1. The molecule has 4 rings (SSSR count). The van der Waals surface area contributed by atoms with Crippen LogP contribution in [0.3, 0.4) is 0 Å². The van der Waals surface area contributed by atoms with Crippen molar-refractivity contribution in [3.05, 3.63) is 71.5 Å². The standard InChI is InChI=1S/C23H26FN3O3/c1-25-20(28)16-30-22(21(25)18-7-9-19(24)10-8-18)23(29)27-13-11-26(12-14-27)15-17-5-3-2-4-6-17/h2-10,21-22H,11-16H2,1H3/t21-,22+/m0/s1. The summed E-state index contributed by atoms with van der Waals surface area (Å²) in [7, 11) is 1.66. The fraction of sp³-hybridized carbons (Fsp3) is 0.391. The summed E-state index contributed by atoms with van der Waals surface area (Å²) in [4.78, 5) is 31.2. The van der Waals surface area contributed by atoms with Gasteiger partial charge in [0.1, 0.15) is 12.4 Å². The van der Waals surface area contributed by atoms with Gasteiger partial charge in [-0.05, 0) is 23.3 Å². The monoisotopic (exact) mass is 411 g/mol. The summed E-state index contributed by atoms with van der Waals surface area (Å²) in [5.74, 6) is -0.675. The quantitative estimate of drug-likeness (QED) is 0.773. The molecule has 30 heavy (non-hydrogen) atoms. The molecule has 2 heterocycles. The molecule has 2 aromatic carbocycles. The number of rotatable bonds is 4. The minimum atomic E-state index is -0.793. The van der Waals surface area contributed by atoms with E-state index in [1.54, 1.807) is 19.2 Å². The predicted octanol–water partition coefficient (Wildman–Crippen LogP) is 2.07. The third-order valence-corrected chi connectivity index (χ3v) is 5.87. The Kier molecular flexibility index (Phi) is 6.11. The van der Waals surface area contributed by atoms with Gasteiger partial charge in [0.05, 0.1) is 6.04 Å². The average molecular weight is 411 g/mol. The summed E-state index contributed by atoms with van der Waals surface area (Å²) in [5, 5.41) is 0. The predicted molar refractivity (Wildman–Crippen MR) is 110 cm³/mol. The summed E-state index contributed by atoms with van der Waals surface area (Å²) in [5.41, 5.74) is 1.94. The third kappa shape index (κ3) is 4.37. The first-order valence-electron chi connectivity index (χ1n) is 10.2. The smallest absolute Gasteiger partial charge is 0.254 e. The van der Waals surface area contributed by atoms with Crippen LogP contribution in [0.25, 0.3) is 0 Å². The van der Waals surface area contributed by atoms with Crippen LogP contribution in [0.4, 0.5) is 4.39 Å². The molecular formula is C23H26FN3O3. The molecule has 6 nitrogen and oxygen atoms in total. The maximum atomic E-state index is 13.4. The molecular weight excluding hydrogens is 385 g/mol. The second kappa shape index (κ2) is 8.93. The van der Waals surface area contributed by atoms with E-state index >= 15 is 0 Å². The summed E-state index contributed by atoms with van der Waals surface area (Å²) in [6, 6.07) is 15.6. The van der Waals surface area contributed by atoms with Gasteiger partial charge in [0, 0.05) is 39.8 Å². The Morgan fingerprint density at radius 1 is 1.03 bits per heavy atom. The molecule has 0 saturated carbocycles. The van der Waals surface area contributed by atoms with Crippen molar-refractivity contribution in [1.82, 2.24) is 14.7 Å². The molecule has 2 fully saturated rings. The van der Waals surface area contributed by atoms with Gasteiger partial charge in [-0.3, -0.25) is 14.5 Å². The molecule has 2 aromatic rings. The first-order chi connectivity index (χ1) is 14.5. The lowest BCUT2D eigenvalue weighted by atomic mass is 9.97. The number of carbonyl (C=O) groups is 2. The number of halogens is 1. The van der Waals surface area contributed by atoms with E-state index in [0.29, 0.717) is 18.7 Å². The lowest BCUT2D eigenvalue weighted by Gasteiger charge is -2.42. The van der Waals surface area contributed by atoms with Crippen molar-refractivity contribution in [2.24, 2.45) is 0 Å². The van der Waals surface area contributed by atoms with Crippen LogP contribution in [0.1, 0.15) is 17.2 Å². The normalized spacial score (nSPS) is 22.9. The SMILES string of the molecule is CN1C(=O)CO[C@@H](C(=O)N2CCN(Cc3ccccc3)CC2)[C@@H]1c1ccc(F)cc1. The van der Waals surface area contributed by atoms with E-state index in [9.17, 15) is 14.0 Å². The zero-order valence-corrected chi connectivity index (χ0v) is 17.0. The number of ether oxygens (including phenoxy) is 1. The third-order valence-electron chi connectivity index (χ3n) is 5.87. The van der Waals surface area contributed by atoms with Gasteiger partial charge < -0.3 is 14.5 Å². The van der Waals surface area contributed by atoms with Gasteiger partial charge in [-0.25, -0.2) is 4.39 Å². The number of nitrogens with zero attached hydrogens (tertiary/aromatic N) is 3. The van der Waals surface area contributed by atoms with Crippen molar-refractivity contribution in [2.45, 2.75) is 18.7 Å². The zero-order chi connectivity index (χ0) is 21.1. The molecule has 0 radical (unpaired) electrons. The van der Waals surface area contributed by atoms with E-state index in [2.05, 4.69) is 17.0 Å². The van der Waals surface area contributed by atoms with Crippen LogP contribution in [-0.4, -0.2) is 72.5 Å². The minimum Gasteiger partial charge on any atom is -0.356 e. The number of likely N-dealkylation sites (N-methyl/N-ethyl adjacent to an activating group) is 1. The second-order valence-electron chi connectivity index (χ2n) is 7.82. The number of benzene rings is 2.